The number of rotatable bonds is 3. The van der Waals surface area contributed by atoms with E-state index in [0.717, 1.165) is 22.3 Å². The number of aromatic nitrogens is 1. The van der Waals surface area contributed by atoms with Crippen LogP contribution in [0.5, 0.6) is 0 Å². The minimum Gasteiger partial charge on any atom is -0.368 e. The second kappa shape index (κ2) is 5.64. The molecule has 2 aromatic carbocycles. The van der Waals surface area contributed by atoms with Crippen molar-refractivity contribution in [2.24, 2.45) is 0 Å². The van der Waals surface area contributed by atoms with Gasteiger partial charge in [-0.3, -0.25) is 4.98 Å². The van der Waals surface area contributed by atoms with Crippen molar-refractivity contribution in [2.45, 2.75) is 6.54 Å². The molecule has 3 aromatic rings. The Balaban J connectivity index is 1.89. The minimum atomic E-state index is 0.670. The molecule has 1 aromatic heterocycles. The first-order valence-electron chi connectivity index (χ1n) is 6.83. The molecule has 21 heavy (non-hydrogen) atoms. The lowest BCUT2D eigenvalue weighted by Gasteiger charge is -2.20. The van der Waals surface area contributed by atoms with Crippen molar-refractivity contribution in [1.29, 1.82) is 5.26 Å². The Morgan fingerprint density at radius 1 is 1.00 bits per heavy atom. The number of nitriles is 1. The van der Waals surface area contributed by atoms with Gasteiger partial charge in [0.25, 0.3) is 0 Å². The fourth-order valence-corrected chi connectivity index (χ4v) is 2.43. The van der Waals surface area contributed by atoms with E-state index in [9.17, 15) is 5.26 Å². The smallest absolute Gasteiger partial charge is 0.101 e. The number of para-hydroxylation sites is 2. The largest absolute Gasteiger partial charge is 0.368 e. The summed E-state index contributed by atoms with van der Waals surface area (Å²) in [5, 5.41) is 10.3. The zero-order valence-corrected chi connectivity index (χ0v) is 11.8. The Hall–Kier alpha value is -2.86. The highest BCUT2D eigenvalue weighted by atomic mass is 15.1. The van der Waals surface area contributed by atoms with Gasteiger partial charge in [0.1, 0.15) is 6.07 Å². The van der Waals surface area contributed by atoms with Gasteiger partial charge >= 0.3 is 0 Å². The van der Waals surface area contributed by atoms with E-state index in [2.05, 4.69) is 28.1 Å². The average molecular weight is 273 g/mol. The van der Waals surface area contributed by atoms with Gasteiger partial charge in [0, 0.05) is 12.4 Å². The van der Waals surface area contributed by atoms with Gasteiger partial charge in [-0.05, 0) is 24.3 Å². The molecule has 0 radical (unpaired) electrons. The third kappa shape index (κ3) is 2.70. The van der Waals surface area contributed by atoms with E-state index >= 15 is 0 Å². The first kappa shape index (κ1) is 13.1. The summed E-state index contributed by atoms with van der Waals surface area (Å²) in [6.45, 7) is 0.670. The first-order valence-corrected chi connectivity index (χ1v) is 6.83. The van der Waals surface area contributed by atoms with Crippen LogP contribution >= 0.6 is 0 Å². The number of pyridine rings is 1. The highest BCUT2D eigenvalue weighted by Crippen LogP contribution is 2.20. The maximum atomic E-state index is 9.18. The van der Waals surface area contributed by atoms with Crippen LogP contribution in [0.15, 0.2) is 60.7 Å². The summed E-state index contributed by atoms with van der Waals surface area (Å²) in [5.41, 5.74) is 3.59. The molecule has 0 saturated heterocycles. The molecule has 0 aliphatic rings. The third-order valence-electron chi connectivity index (χ3n) is 3.49. The molecule has 0 saturated carbocycles. The maximum Gasteiger partial charge on any atom is 0.101 e. The van der Waals surface area contributed by atoms with E-state index in [0.29, 0.717) is 12.1 Å². The SMILES string of the molecule is CN(Cc1ccc2ccccc2n1)c1ccccc1C#N. The molecule has 0 N–H and O–H groups in total. The predicted octanol–water partition coefficient (Wildman–Crippen LogP) is 3.74. The first-order chi connectivity index (χ1) is 10.3. The van der Waals surface area contributed by atoms with Crippen LogP contribution in [-0.4, -0.2) is 12.0 Å². The standard InChI is InChI=1S/C18H15N3/c1-21(18-9-5-3-7-15(18)12-19)13-16-11-10-14-6-2-4-8-17(14)20-16/h2-11H,13H2,1H3. The molecule has 0 aliphatic carbocycles. The number of hydrogen-bond acceptors (Lipinski definition) is 3. The lowest BCUT2D eigenvalue weighted by molar-refractivity contribution is 0.890. The Morgan fingerprint density at radius 2 is 1.76 bits per heavy atom. The summed E-state index contributed by atoms with van der Waals surface area (Å²) in [6.07, 6.45) is 0. The lowest BCUT2D eigenvalue weighted by Crippen LogP contribution is -2.18. The third-order valence-corrected chi connectivity index (χ3v) is 3.49. The van der Waals surface area contributed by atoms with Crippen molar-refractivity contribution in [3.8, 4) is 6.07 Å². The van der Waals surface area contributed by atoms with Crippen molar-refractivity contribution in [3.05, 3.63) is 71.9 Å². The fourth-order valence-electron chi connectivity index (χ4n) is 2.43. The molecule has 0 amide bonds. The van der Waals surface area contributed by atoms with Crippen LogP contribution in [0.25, 0.3) is 10.9 Å². The summed E-state index contributed by atoms with van der Waals surface area (Å²) < 4.78 is 0. The van der Waals surface area contributed by atoms with Gasteiger partial charge in [0.05, 0.1) is 29.0 Å². The number of anilines is 1. The van der Waals surface area contributed by atoms with Gasteiger partial charge in [0.2, 0.25) is 0 Å². The molecule has 0 atom stereocenters. The van der Waals surface area contributed by atoms with Crippen LogP contribution in [-0.2, 0) is 6.54 Å². The Morgan fingerprint density at radius 3 is 2.62 bits per heavy atom. The summed E-state index contributed by atoms with van der Waals surface area (Å²) in [4.78, 5) is 6.72. The summed E-state index contributed by atoms with van der Waals surface area (Å²) in [5.74, 6) is 0. The van der Waals surface area contributed by atoms with Crippen molar-refractivity contribution in [2.75, 3.05) is 11.9 Å². The van der Waals surface area contributed by atoms with E-state index in [1.54, 1.807) is 0 Å². The lowest BCUT2D eigenvalue weighted by atomic mass is 10.1. The molecule has 3 heteroatoms. The quantitative estimate of drug-likeness (QED) is 0.729. The Labute approximate surface area is 124 Å². The number of nitrogens with zero attached hydrogens (tertiary/aromatic N) is 3. The molecule has 0 fully saturated rings. The summed E-state index contributed by atoms with van der Waals surface area (Å²) in [7, 11) is 1.98. The fraction of sp³-hybridized carbons (Fsp3) is 0.111. The molecule has 3 nitrogen and oxygen atoms in total. The number of fused-ring (bicyclic) bond motifs is 1. The molecular weight excluding hydrogens is 258 g/mol. The second-order valence-corrected chi connectivity index (χ2v) is 4.98. The van der Waals surface area contributed by atoms with Gasteiger partial charge in [-0.1, -0.05) is 36.4 Å². The highest BCUT2D eigenvalue weighted by molar-refractivity contribution is 5.78. The molecular formula is C18H15N3. The molecule has 0 bridgehead atoms. The van der Waals surface area contributed by atoms with E-state index in [1.807, 2.05) is 55.6 Å². The van der Waals surface area contributed by atoms with Crippen molar-refractivity contribution < 1.29 is 0 Å². The van der Waals surface area contributed by atoms with Gasteiger partial charge in [-0.15, -0.1) is 0 Å². The van der Waals surface area contributed by atoms with E-state index in [1.165, 1.54) is 0 Å². The molecule has 0 spiro atoms. The molecule has 3 rings (SSSR count). The zero-order valence-electron chi connectivity index (χ0n) is 11.8. The van der Waals surface area contributed by atoms with Crippen LogP contribution in [0.4, 0.5) is 5.69 Å². The van der Waals surface area contributed by atoms with Gasteiger partial charge in [-0.2, -0.15) is 5.26 Å². The van der Waals surface area contributed by atoms with Crippen LogP contribution < -0.4 is 4.90 Å². The van der Waals surface area contributed by atoms with E-state index in [4.69, 9.17) is 0 Å². The molecule has 0 aliphatic heterocycles. The average Bonchev–Trinajstić information content (AvgIpc) is 2.54. The molecule has 1 heterocycles. The monoisotopic (exact) mass is 273 g/mol. The van der Waals surface area contributed by atoms with E-state index in [-0.39, 0.29) is 0 Å². The van der Waals surface area contributed by atoms with Crippen molar-refractivity contribution in [3.63, 3.8) is 0 Å². The number of hydrogen-bond donors (Lipinski definition) is 0. The second-order valence-electron chi connectivity index (χ2n) is 4.98. The Bertz CT molecular complexity index is 818. The topological polar surface area (TPSA) is 39.9 Å². The summed E-state index contributed by atoms with van der Waals surface area (Å²) in [6, 6.07) is 22.0. The van der Waals surface area contributed by atoms with Crippen molar-refractivity contribution in [1.82, 2.24) is 4.98 Å². The van der Waals surface area contributed by atoms with Crippen LogP contribution in [0, 0.1) is 11.3 Å². The highest BCUT2D eigenvalue weighted by Gasteiger charge is 2.08. The summed E-state index contributed by atoms with van der Waals surface area (Å²) >= 11 is 0. The van der Waals surface area contributed by atoms with Gasteiger partial charge in [0.15, 0.2) is 0 Å². The normalized spacial score (nSPS) is 10.3. The Kier molecular flexibility index (Phi) is 3.53. The number of benzene rings is 2. The van der Waals surface area contributed by atoms with Gasteiger partial charge in [-0.25, -0.2) is 0 Å². The van der Waals surface area contributed by atoms with Crippen LogP contribution in [0.3, 0.4) is 0 Å². The van der Waals surface area contributed by atoms with E-state index < -0.39 is 0 Å². The van der Waals surface area contributed by atoms with Gasteiger partial charge < -0.3 is 4.90 Å². The molecule has 102 valence electrons. The zero-order chi connectivity index (χ0) is 14.7. The predicted molar refractivity (Wildman–Crippen MR) is 85.0 cm³/mol. The minimum absolute atomic E-state index is 0.670. The maximum absolute atomic E-state index is 9.18. The van der Waals surface area contributed by atoms with Crippen molar-refractivity contribution >= 4 is 16.6 Å². The van der Waals surface area contributed by atoms with Crippen LogP contribution in [0.2, 0.25) is 0 Å². The molecule has 0 unspecified atom stereocenters. The van der Waals surface area contributed by atoms with Crippen LogP contribution in [0.1, 0.15) is 11.3 Å².